The summed E-state index contributed by atoms with van der Waals surface area (Å²) in [6.07, 6.45) is 6.77. The van der Waals surface area contributed by atoms with Crippen LogP contribution in [0.3, 0.4) is 0 Å². The molecule has 2 fully saturated rings. The van der Waals surface area contributed by atoms with Crippen LogP contribution in [0.25, 0.3) is 0 Å². The Balaban J connectivity index is 1.56. The van der Waals surface area contributed by atoms with Gasteiger partial charge in [-0.25, -0.2) is 0 Å². The first-order valence-corrected chi connectivity index (χ1v) is 9.41. The highest BCUT2D eigenvalue weighted by Crippen LogP contribution is 2.32. The molecule has 21 heavy (non-hydrogen) atoms. The van der Waals surface area contributed by atoms with E-state index in [1.165, 1.54) is 63.2 Å². The van der Waals surface area contributed by atoms with Crippen LogP contribution in [-0.2, 0) is 0 Å². The van der Waals surface area contributed by atoms with Crippen molar-refractivity contribution >= 4 is 22.9 Å². The molecule has 0 radical (unpaired) electrons. The lowest BCUT2D eigenvalue weighted by Gasteiger charge is -2.42. The molecule has 0 saturated carbocycles. The monoisotopic (exact) mass is 327 g/mol. The number of likely N-dealkylation sites (tertiary alicyclic amines) is 2. The van der Waals surface area contributed by atoms with Crippen LogP contribution >= 0.6 is 22.9 Å². The van der Waals surface area contributed by atoms with Crippen molar-refractivity contribution in [1.82, 2.24) is 9.80 Å². The second-order valence-electron chi connectivity index (χ2n) is 6.26. The molecule has 3 heterocycles. The summed E-state index contributed by atoms with van der Waals surface area (Å²) in [5.41, 5.74) is 6.03. The van der Waals surface area contributed by atoms with Gasteiger partial charge in [0.2, 0.25) is 0 Å². The third-order valence-corrected chi connectivity index (χ3v) is 6.32. The zero-order valence-corrected chi connectivity index (χ0v) is 14.2. The molecular weight excluding hydrogens is 302 g/mol. The van der Waals surface area contributed by atoms with Gasteiger partial charge in [0.15, 0.2) is 0 Å². The van der Waals surface area contributed by atoms with Crippen molar-refractivity contribution in [3.63, 3.8) is 0 Å². The average Bonchev–Trinajstić information content (AvgIpc) is 2.96. The molecule has 5 heteroatoms. The van der Waals surface area contributed by atoms with Gasteiger partial charge in [-0.05, 0) is 50.9 Å². The van der Waals surface area contributed by atoms with Crippen LogP contribution in [-0.4, -0.2) is 48.6 Å². The molecule has 1 aromatic rings. The Hall–Kier alpha value is -0.130. The fourth-order valence-corrected chi connectivity index (χ4v) is 5.01. The van der Waals surface area contributed by atoms with E-state index < -0.39 is 0 Å². The summed E-state index contributed by atoms with van der Waals surface area (Å²) < 4.78 is 0.867. The maximum absolute atomic E-state index is 6.08. The van der Waals surface area contributed by atoms with Crippen molar-refractivity contribution in [2.24, 2.45) is 5.73 Å². The van der Waals surface area contributed by atoms with Gasteiger partial charge >= 0.3 is 0 Å². The van der Waals surface area contributed by atoms with E-state index in [4.69, 9.17) is 17.3 Å². The van der Waals surface area contributed by atoms with Crippen molar-refractivity contribution in [2.45, 2.75) is 44.2 Å². The highest BCUT2D eigenvalue weighted by atomic mass is 35.5. The molecular formula is C16H26ClN3S. The number of nitrogens with zero attached hydrogens (tertiary/aromatic N) is 2. The van der Waals surface area contributed by atoms with E-state index in [1.54, 1.807) is 11.3 Å². The van der Waals surface area contributed by atoms with Gasteiger partial charge in [-0.15, -0.1) is 11.3 Å². The first kappa shape index (κ1) is 15.8. The zero-order chi connectivity index (χ0) is 14.7. The molecule has 2 N–H and O–H groups in total. The van der Waals surface area contributed by atoms with Crippen molar-refractivity contribution in [3.05, 3.63) is 21.3 Å². The van der Waals surface area contributed by atoms with Crippen LogP contribution in [0.1, 0.15) is 43.0 Å². The highest BCUT2D eigenvalue weighted by molar-refractivity contribution is 7.16. The predicted molar refractivity (Wildman–Crippen MR) is 91.1 cm³/mol. The third kappa shape index (κ3) is 3.80. The molecule has 0 aromatic carbocycles. The van der Waals surface area contributed by atoms with Crippen LogP contribution in [0.2, 0.25) is 4.34 Å². The highest BCUT2D eigenvalue weighted by Gasteiger charge is 2.29. The van der Waals surface area contributed by atoms with E-state index in [1.807, 2.05) is 6.07 Å². The molecule has 3 nitrogen and oxygen atoms in total. The summed E-state index contributed by atoms with van der Waals surface area (Å²) in [5, 5.41) is 0. The SMILES string of the molecule is NCC(c1ccc(Cl)s1)N1CCC(N2CCCCC2)CC1. The van der Waals surface area contributed by atoms with Crippen LogP contribution in [0.15, 0.2) is 12.1 Å². The minimum Gasteiger partial charge on any atom is -0.329 e. The molecule has 1 aromatic heterocycles. The lowest BCUT2D eigenvalue weighted by Crippen LogP contribution is -2.48. The molecule has 1 atom stereocenters. The quantitative estimate of drug-likeness (QED) is 0.920. The normalized spacial score (nSPS) is 24.3. The fraction of sp³-hybridized carbons (Fsp3) is 0.750. The van der Waals surface area contributed by atoms with Crippen LogP contribution < -0.4 is 5.73 Å². The Morgan fingerprint density at radius 1 is 1.14 bits per heavy atom. The molecule has 2 saturated heterocycles. The number of rotatable bonds is 4. The Labute approximate surface area is 137 Å². The smallest absolute Gasteiger partial charge is 0.0931 e. The number of thiophene rings is 1. The lowest BCUT2D eigenvalue weighted by atomic mass is 9.98. The van der Waals surface area contributed by atoms with Crippen molar-refractivity contribution in [1.29, 1.82) is 0 Å². The Kier molecular flexibility index (Phi) is 5.57. The number of halogens is 1. The largest absolute Gasteiger partial charge is 0.329 e. The first-order valence-electron chi connectivity index (χ1n) is 8.21. The van der Waals surface area contributed by atoms with Gasteiger partial charge in [0, 0.05) is 30.6 Å². The van der Waals surface area contributed by atoms with Gasteiger partial charge < -0.3 is 10.6 Å². The number of hydrogen-bond acceptors (Lipinski definition) is 4. The minimum atomic E-state index is 0.352. The Morgan fingerprint density at radius 3 is 2.43 bits per heavy atom. The summed E-state index contributed by atoms with van der Waals surface area (Å²) >= 11 is 7.75. The van der Waals surface area contributed by atoms with E-state index in [0.29, 0.717) is 12.6 Å². The van der Waals surface area contributed by atoms with Gasteiger partial charge in [-0.3, -0.25) is 4.90 Å². The second-order valence-corrected chi connectivity index (χ2v) is 8.00. The third-order valence-electron chi connectivity index (χ3n) is 4.99. The molecule has 0 amide bonds. The van der Waals surface area contributed by atoms with Gasteiger partial charge in [0.05, 0.1) is 10.4 Å². The lowest BCUT2D eigenvalue weighted by molar-refractivity contribution is 0.0743. The van der Waals surface area contributed by atoms with Crippen molar-refractivity contribution in [2.75, 3.05) is 32.7 Å². The van der Waals surface area contributed by atoms with E-state index in [2.05, 4.69) is 15.9 Å². The molecule has 2 aliphatic heterocycles. The maximum atomic E-state index is 6.08. The van der Waals surface area contributed by atoms with Gasteiger partial charge in [0.25, 0.3) is 0 Å². The Bertz CT molecular complexity index is 436. The topological polar surface area (TPSA) is 32.5 Å². The summed E-state index contributed by atoms with van der Waals surface area (Å²) in [6.45, 7) is 5.64. The van der Waals surface area contributed by atoms with Gasteiger partial charge in [-0.2, -0.15) is 0 Å². The zero-order valence-electron chi connectivity index (χ0n) is 12.6. The summed E-state index contributed by atoms with van der Waals surface area (Å²) in [5.74, 6) is 0. The minimum absolute atomic E-state index is 0.352. The van der Waals surface area contributed by atoms with E-state index in [-0.39, 0.29) is 0 Å². The predicted octanol–water partition coefficient (Wildman–Crippen LogP) is 3.35. The van der Waals surface area contributed by atoms with E-state index in [9.17, 15) is 0 Å². The first-order chi connectivity index (χ1) is 10.3. The molecule has 1 unspecified atom stereocenters. The number of hydrogen-bond donors (Lipinski definition) is 1. The van der Waals surface area contributed by atoms with Gasteiger partial charge in [-0.1, -0.05) is 18.0 Å². The van der Waals surface area contributed by atoms with Crippen LogP contribution in [0, 0.1) is 0 Å². The molecule has 0 aliphatic carbocycles. The number of nitrogens with two attached hydrogens (primary N) is 1. The standard InChI is InChI=1S/C16H26ClN3S/c17-16-5-4-15(21-16)14(12-18)20-10-6-13(7-11-20)19-8-2-1-3-9-19/h4-5,13-14H,1-3,6-12,18H2. The van der Waals surface area contributed by atoms with E-state index in [0.717, 1.165) is 10.4 Å². The van der Waals surface area contributed by atoms with Crippen molar-refractivity contribution < 1.29 is 0 Å². The molecule has 3 rings (SSSR count). The van der Waals surface area contributed by atoms with Crippen molar-refractivity contribution in [3.8, 4) is 0 Å². The molecule has 0 spiro atoms. The van der Waals surface area contributed by atoms with Crippen LogP contribution in [0.5, 0.6) is 0 Å². The molecule has 2 aliphatic rings. The molecule has 0 bridgehead atoms. The fourth-order valence-electron chi connectivity index (χ4n) is 3.80. The summed E-state index contributed by atoms with van der Waals surface area (Å²) in [6, 6.07) is 5.28. The molecule has 118 valence electrons. The summed E-state index contributed by atoms with van der Waals surface area (Å²) in [4.78, 5) is 6.60. The van der Waals surface area contributed by atoms with Gasteiger partial charge in [0.1, 0.15) is 0 Å². The summed E-state index contributed by atoms with van der Waals surface area (Å²) in [7, 11) is 0. The second kappa shape index (κ2) is 7.42. The van der Waals surface area contributed by atoms with Crippen LogP contribution in [0.4, 0.5) is 0 Å². The number of piperidine rings is 2. The maximum Gasteiger partial charge on any atom is 0.0931 e. The Morgan fingerprint density at radius 2 is 1.86 bits per heavy atom. The average molecular weight is 328 g/mol. The van der Waals surface area contributed by atoms with E-state index >= 15 is 0 Å².